The number of methoxy groups -OCH3 is 2. The molecule has 1 atom stereocenters. The quantitative estimate of drug-likeness (QED) is 0.879. The maximum atomic E-state index is 10.3. The molecule has 0 saturated heterocycles. The molecule has 21 heavy (non-hydrogen) atoms. The highest BCUT2D eigenvalue weighted by Gasteiger charge is 2.14. The van der Waals surface area contributed by atoms with Crippen LogP contribution in [0.25, 0.3) is 0 Å². The average Bonchev–Trinajstić information content (AvgIpc) is 2.53. The van der Waals surface area contributed by atoms with Crippen LogP contribution in [0.3, 0.4) is 0 Å². The first-order valence-electron chi connectivity index (χ1n) is 6.63. The van der Waals surface area contributed by atoms with Gasteiger partial charge in [-0.15, -0.1) is 0 Å². The van der Waals surface area contributed by atoms with E-state index < -0.39 is 6.10 Å². The van der Waals surface area contributed by atoms with E-state index in [-0.39, 0.29) is 0 Å². The van der Waals surface area contributed by atoms with E-state index in [9.17, 15) is 5.11 Å². The van der Waals surface area contributed by atoms with Crippen LogP contribution in [0.5, 0.6) is 11.5 Å². The molecule has 0 spiro atoms. The summed E-state index contributed by atoms with van der Waals surface area (Å²) in [5, 5.41) is 10.3. The Labute approximate surface area is 125 Å². The van der Waals surface area contributed by atoms with E-state index in [1.807, 2.05) is 43.3 Å². The minimum atomic E-state index is -0.936. The summed E-state index contributed by atoms with van der Waals surface area (Å²) in [5.74, 6) is 7.08. The molecule has 0 radical (unpaired) electrons. The van der Waals surface area contributed by atoms with Crippen molar-refractivity contribution in [2.75, 3.05) is 14.2 Å². The predicted octanol–water partition coefficient (Wildman–Crippen LogP) is 3.10. The van der Waals surface area contributed by atoms with E-state index in [1.165, 1.54) is 0 Å². The van der Waals surface area contributed by atoms with Gasteiger partial charge in [-0.3, -0.25) is 0 Å². The van der Waals surface area contributed by atoms with Crippen LogP contribution >= 0.6 is 0 Å². The first-order valence-corrected chi connectivity index (χ1v) is 6.63. The zero-order valence-electron chi connectivity index (χ0n) is 12.4. The Balaban J connectivity index is 2.35. The highest BCUT2D eigenvalue weighted by molar-refractivity contribution is 5.49. The maximum Gasteiger partial charge on any atom is 0.144 e. The molecule has 3 nitrogen and oxygen atoms in total. The number of ether oxygens (including phenoxy) is 2. The van der Waals surface area contributed by atoms with Gasteiger partial charge in [0.2, 0.25) is 0 Å². The van der Waals surface area contributed by atoms with Crippen LogP contribution in [0.15, 0.2) is 42.5 Å². The molecule has 1 N–H and O–H groups in total. The van der Waals surface area contributed by atoms with Gasteiger partial charge in [-0.2, -0.15) is 0 Å². The van der Waals surface area contributed by atoms with Crippen LogP contribution in [0, 0.1) is 18.8 Å². The van der Waals surface area contributed by atoms with Crippen molar-refractivity contribution in [1.29, 1.82) is 0 Å². The summed E-state index contributed by atoms with van der Waals surface area (Å²) in [4.78, 5) is 0. The van der Waals surface area contributed by atoms with Gasteiger partial charge in [0.25, 0.3) is 0 Å². The van der Waals surface area contributed by atoms with Crippen LogP contribution in [0.4, 0.5) is 0 Å². The van der Waals surface area contributed by atoms with E-state index in [2.05, 4.69) is 11.8 Å². The number of hydrogen-bond donors (Lipinski definition) is 1. The molecule has 0 aliphatic carbocycles. The molecule has 108 valence electrons. The van der Waals surface area contributed by atoms with Crippen LogP contribution in [0.1, 0.15) is 22.8 Å². The standard InChI is InChI=1S/C18H18O3/c1-13-11-18(21-3)15(12-17(13)20-2)16(19)10-9-14-7-5-4-6-8-14/h4-8,11-12,16,19H,1-3H3. The van der Waals surface area contributed by atoms with Gasteiger partial charge in [0.15, 0.2) is 0 Å². The minimum absolute atomic E-state index is 0.600. The Hall–Kier alpha value is -2.44. The minimum Gasteiger partial charge on any atom is -0.496 e. The lowest BCUT2D eigenvalue weighted by atomic mass is 10.0. The third-order valence-electron chi connectivity index (χ3n) is 3.17. The molecular weight excluding hydrogens is 264 g/mol. The van der Waals surface area contributed by atoms with Crippen molar-refractivity contribution in [2.24, 2.45) is 0 Å². The molecule has 0 aromatic heterocycles. The van der Waals surface area contributed by atoms with Gasteiger partial charge in [0, 0.05) is 11.1 Å². The van der Waals surface area contributed by atoms with Crippen molar-refractivity contribution < 1.29 is 14.6 Å². The summed E-state index contributed by atoms with van der Waals surface area (Å²) in [6.07, 6.45) is -0.936. The molecule has 0 heterocycles. The summed E-state index contributed by atoms with van der Waals surface area (Å²) in [7, 11) is 3.17. The van der Waals surface area contributed by atoms with Gasteiger partial charge >= 0.3 is 0 Å². The number of hydrogen-bond acceptors (Lipinski definition) is 3. The number of benzene rings is 2. The van der Waals surface area contributed by atoms with Crippen LogP contribution in [-0.4, -0.2) is 19.3 Å². The van der Waals surface area contributed by atoms with Gasteiger partial charge in [0.05, 0.1) is 14.2 Å². The summed E-state index contributed by atoms with van der Waals surface area (Å²) in [6, 6.07) is 13.1. The Morgan fingerprint density at radius 1 is 1.00 bits per heavy atom. The highest BCUT2D eigenvalue weighted by atomic mass is 16.5. The molecule has 2 aromatic carbocycles. The fourth-order valence-corrected chi connectivity index (χ4v) is 2.04. The van der Waals surface area contributed by atoms with Gasteiger partial charge in [-0.1, -0.05) is 30.0 Å². The molecule has 3 heteroatoms. The molecule has 0 saturated carbocycles. The molecule has 2 rings (SSSR count). The Morgan fingerprint density at radius 3 is 2.29 bits per heavy atom. The molecule has 1 unspecified atom stereocenters. The fourth-order valence-electron chi connectivity index (χ4n) is 2.04. The fraction of sp³-hybridized carbons (Fsp3) is 0.222. The largest absolute Gasteiger partial charge is 0.496 e. The normalized spacial score (nSPS) is 11.2. The molecular formula is C18H18O3. The number of aliphatic hydroxyl groups is 1. The molecule has 0 fully saturated rings. The van der Waals surface area contributed by atoms with Gasteiger partial charge < -0.3 is 14.6 Å². The van der Waals surface area contributed by atoms with Crippen LogP contribution in [-0.2, 0) is 0 Å². The predicted molar refractivity (Wildman–Crippen MR) is 82.6 cm³/mol. The smallest absolute Gasteiger partial charge is 0.144 e. The second kappa shape index (κ2) is 6.83. The van der Waals surface area contributed by atoms with E-state index >= 15 is 0 Å². The first kappa shape index (κ1) is 15.0. The van der Waals surface area contributed by atoms with Crippen molar-refractivity contribution in [1.82, 2.24) is 0 Å². The molecule has 0 amide bonds. The van der Waals surface area contributed by atoms with Crippen LogP contribution in [0.2, 0.25) is 0 Å². The van der Waals surface area contributed by atoms with E-state index in [1.54, 1.807) is 20.3 Å². The zero-order chi connectivity index (χ0) is 15.2. The SMILES string of the molecule is COc1cc(C(O)C#Cc2ccccc2)c(OC)cc1C. The van der Waals surface area contributed by atoms with E-state index in [0.717, 1.165) is 11.1 Å². The molecule has 0 aliphatic heterocycles. The van der Waals surface area contributed by atoms with Crippen molar-refractivity contribution in [3.8, 4) is 23.3 Å². The molecule has 0 aliphatic rings. The van der Waals surface area contributed by atoms with Gasteiger partial charge in [0.1, 0.15) is 17.6 Å². The van der Waals surface area contributed by atoms with Crippen molar-refractivity contribution in [3.05, 3.63) is 59.2 Å². The van der Waals surface area contributed by atoms with Gasteiger partial charge in [-0.25, -0.2) is 0 Å². The second-order valence-corrected chi connectivity index (χ2v) is 4.60. The number of aryl methyl sites for hydroxylation is 1. The highest BCUT2D eigenvalue weighted by Crippen LogP contribution is 2.32. The topological polar surface area (TPSA) is 38.7 Å². The number of aliphatic hydroxyl groups excluding tert-OH is 1. The summed E-state index contributed by atoms with van der Waals surface area (Å²) in [6.45, 7) is 1.92. The first-order chi connectivity index (χ1) is 10.2. The van der Waals surface area contributed by atoms with E-state index in [4.69, 9.17) is 9.47 Å². The van der Waals surface area contributed by atoms with Crippen molar-refractivity contribution >= 4 is 0 Å². The van der Waals surface area contributed by atoms with E-state index in [0.29, 0.717) is 17.1 Å². The monoisotopic (exact) mass is 282 g/mol. The summed E-state index contributed by atoms with van der Waals surface area (Å²) < 4.78 is 10.6. The molecule has 2 aromatic rings. The molecule has 0 bridgehead atoms. The summed E-state index contributed by atoms with van der Waals surface area (Å²) >= 11 is 0. The van der Waals surface area contributed by atoms with Gasteiger partial charge in [-0.05, 0) is 36.8 Å². The maximum absolute atomic E-state index is 10.3. The second-order valence-electron chi connectivity index (χ2n) is 4.60. The average molecular weight is 282 g/mol. The van der Waals surface area contributed by atoms with Crippen molar-refractivity contribution in [2.45, 2.75) is 13.0 Å². The van der Waals surface area contributed by atoms with Crippen LogP contribution < -0.4 is 9.47 Å². The Bertz CT molecular complexity index is 666. The lowest BCUT2D eigenvalue weighted by Crippen LogP contribution is -2.00. The van der Waals surface area contributed by atoms with Crippen molar-refractivity contribution in [3.63, 3.8) is 0 Å². The lowest BCUT2D eigenvalue weighted by Gasteiger charge is -2.14. The number of rotatable bonds is 3. The summed E-state index contributed by atoms with van der Waals surface area (Å²) in [5.41, 5.74) is 2.40. The third kappa shape index (κ3) is 3.56. The third-order valence-corrected chi connectivity index (χ3v) is 3.17. The zero-order valence-corrected chi connectivity index (χ0v) is 12.4. The lowest BCUT2D eigenvalue weighted by molar-refractivity contribution is 0.231. The Kier molecular flexibility index (Phi) is 4.86. The Morgan fingerprint density at radius 2 is 1.67 bits per heavy atom.